The van der Waals surface area contributed by atoms with Crippen LogP contribution in [0.15, 0.2) is 17.3 Å². The molecule has 1 unspecified atom stereocenters. The Morgan fingerprint density at radius 3 is 2.95 bits per heavy atom. The Kier molecular flexibility index (Phi) is 3.51. The Morgan fingerprint density at radius 2 is 2.18 bits per heavy atom. The minimum Gasteiger partial charge on any atom is -0.349 e. The normalized spacial score (nSPS) is 26.9. The van der Waals surface area contributed by atoms with Gasteiger partial charge >= 0.3 is 0 Å². The number of carbonyl (C=O) groups is 1. The van der Waals surface area contributed by atoms with Crippen molar-refractivity contribution in [1.29, 1.82) is 0 Å². The average Bonchev–Trinajstić information content (AvgIpc) is 3.26. The summed E-state index contributed by atoms with van der Waals surface area (Å²) >= 11 is 0. The van der Waals surface area contributed by atoms with Crippen LogP contribution in [0, 0.1) is 11.8 Å². The molecule has 1 N–H and O–H groups in total. The first-order chi connectivity index (χ1) is 10.7. The zero-order valence-corrected chi connectivity index (χ0v) is 13.1. The molecule has 1 amide bonds. The molecule has 22 heavy (non-hydrogen) atoms. The number of nitrogens with zero attached hydrogens (tertiary/aromatic N) is 2. The van der Waals surface area contributed by atoms with Gasteiger partial charge in [-0.1, -0.05) is 19.8 Å². The standard InChI is InChI=1S/C17H22BN3O/c1-10-3-2-4-13(7-10)20-17(22)12-8-14-16(19-9-12)21-15(18-14)11-5-6-11/h8-11,13,18H,2-7H2,1H3,(H,20,22)/t10?,13-/m1/s1. The first-order valence-corrected chi connectivity index (χ1v) is 8.56. The SMILES string of the molecule is CC1CCC[C@@H](NC(=O)c2cnc3c(c2)BC(C2CC2)=N3)C1. The topological polar surface area (TPSA) is 54.4 Å². The van der Waals surface area contributed by atoms with Gasteiger partial charge in [-0.25, -0.2) is 9.98 Å². The van der Waals surface area contributed by atoms with Crippen LogP contribution in [0.3, 0.4) is 0 Å². The van der Waals surface area contributed by atoms with Crippen molar-refractivity contribution in [3.63, 3.8) is 0 Å². The van der Waals surface area contributed by atoms with E-state index in [1.807, 2.05) is 6.07 Å². The summed E-state index contributed by atoms with van der Waals surface area (Å²) in [6.07, 6.45) is 8.91. The summed E-state index contributed by atoms with van der Waals surface area (Å²) < 4.78 is 0. The minimum atomic E-state index is 0.0225. The highest BCUT2D eigenvalue weighted by Crippen LogP contribution is 2.33. The maximum atomic E-state index is 12.5. The number of pyridine rings is 1. The molecule has 2 saturated carbocycles. The minimum absolute atomic E-state index is 0.0225. The van der Waals surface area contributed by atoms with E-state index in [0.717, 1.165) is 31.4 Å². The third-order valence-corrected chi connectivity index (χ3v) is 5.15. The van der Waals surface area contributed by atoms with Gasteiger partial charge in [0.05, 0.1) is 5.56 Å². The third kappa shape index (κ3) is 2.81. The summed E-state index contributed by atoms with van der Waals surface area (Å²) in [6.45, 7) is 2.27. The molecule has 0 bridgehead atoms. The molecular formula is C17H22BN3O. The van der Waals surface area contributed by atoms with Crippen LogP contribution < -0.4 is 10.8 Å². The molecule has 0 saturated heterocycles. The van der Waals surface area contributed by atoms with Gasteiger partial charge in [-0.05, 0) is 54.7 Å². The number of carbonyl (C=O) groups excluding carboxylic acids is 1. The predicted octanol–water partition coefficient (Wildman–Crippen LogP) is 1.91. The Balaban J connectivity index is 1.43. The third-order valence-electron chi connectivity index (χ3n) is 5.15. The van der Waals surface area contributed by atoms with E-state index in [4.69, 9.17) is 0 Å². The summed E-state index contributed by atoms with van der Waals surface area (Å²) in [4.78, 5) is 21.5. The first kappa shape index (κ1) is 14.0. The highest BCUT2D eigenvalue weighted by atomic mass is 16.1. The average molecular weight is 295 g/mol. The maximum absolute atomic E-state index is 12.5. The Bertz CT molecular complexity index is 639. The summed E-state index contributed by atoms with van der Waals surface area (Å²) in [5, 5.41) is 3.19. The molecule has 1 aliphatic heterocycles. The fourth-order valence-electron chi connectivity index (χ4n) is 3.71. The van der Waals surface area contributed by atoms with Crippen LogP contribution in [0.25, 0.3) is 0 Å². The number of hydrogen-bond donors (Lipinski definition) is 1. The van der Waals surface area contributed by atoms with Gasteiger partial charge in [-0.15, -0.1) is 0 Å². The fraction of sp³-hybridized carbons (Fsp3) is 0.588. The molecule has 4 nitrogen and oxygen atoms in total. The molecule has 2 heterocycles. The van der Waals surface area contributed by atoms with Crippen LogP contribution >= 0.6 is 0 Å². The Hall–Kier alpha value is -1.65. The lowest BCUT2D eigenvalue weighted by Gasteiger charge is -2.27. The van der Waals surface area contributed by atoms with E-state index in [1.54, 1.807) is 6.20 Å². The smallest absolute Gasteiger partial charge is 0.253 e. The van der Waals surface area contributed by atoms with Crippen molar-refractivity contribution in [3.8, 4) is 0 Å². The van der Waals surface area contributed by atoms with Crippen LogP contribution in [0.2, 0.25) is 0 Å². The van der Waals surface area contributed by atoms with Gasteiger partial charge in [0, 0.05) is 12.2 Å². The lowest BCUT2D eigenvalue weighted by atomic mass is 9.66. The van der Waals surface area contributed by atoms with Crippen molar-refractivity contribution in [1.82, 2.24) is 10.3 Å². The van der Waals surface area contributed by atoms with E-state index < -0.39 is 0 Å². The van der Waals surface area contributed by atoms with E-state index >= 15 is 0 Å². The van der Waals surface area contributed by atoms with Gasteiger partial charge < -0.3 is 5.32 Å². The zero-order valence-electron chi connectivity index (χ0n) is 13.1. The Morgan fingerprint density at radius 1 is 1.32 bits per heavy atom. The molecular weight excluding hydrogens is 273 g/mol. The van der Waals surface area contributed by atoms with Crippen molar-refractivity contribution in [2.24, 2.45) is 16.8 Å². The lowest BCUT2D eigenvalue weighted by molar-refractivity contribution is 0.0921. The lowest BCUT2D eigenvalue weighted by Crippen LogP contribution is -2.38. The maximum Gasteiger partial charge on any atom is 0.253 e. The molecule has 0 radical (unpaired) electrons. The number of nitrogens with one attached hydrogen (secondary N) is 1. The molecule has 4 rings (SSSR count). The number of aliphatic imine (C=N–C) groups is 1. The van der Waals surface area contributed by atoms with Crippen molar-refractivity contribution in [2.45, 2.75) is 51.5 Å². The fourth-order valence-corrected chi connectivity index (χ4v) is 3.71. The van der Waals surface area contributed by atoms with E-state index in [-0.39, 0.29) is 5.91 Å². The Labute approximate surface area is 132 Å². The molecule has 0 aromatic carbocycles. The second-order valence-electron chi connectivity index (χ2n) is 7.20. The van der Waals surface area contributed by atoms with Crippen LogP contribution in [0.5, 0.6) is 0 Å². The molecule has 0 spiro atoms. The predicted molar refractivity (Wildman–Crippen MR) is 89.7 cm³/mol. The van der Waals surface area contributed by atoms with Gasteiger partial charge in [0.25, 0.3) is 5.91 Å². The van der Waals surface area contributed by atoms with Crippen molar-refractivity contribution >= 4 is 30.1 Å². The van der Waals surface area contributed by atoms with Gasteiger partial charge in [-0.3, -0.25) is 4.79 Å². The summed E-state index contributed by atoms with van der Waals surface area (Å²) in [6, 6.07) is 2.31. The monoisotopic (exact) mass is 295 g/mol. The first-order valence-electron chi connectivity index (χ1n) is 8.56. The number of hydrogen-bond acceptors (Lipinski definition) is 3. The molecule has 5 heteroatoms. The highest BCUT2D eigenvalue weighted by molar-refractivity contribution is 6.88. The van der Waals surface area contributed by atoms with Gasteiger partial charge in [0.1, 0.15) is 5.82 Å². The van der Waals surface area contributed by atoms with Crippen molar-refractivity contribution < 1.29 is 4.79 Å². The summed E-state index contributed by atoms with van der Waals surface area (Å²) in [5.74, 6) is 2.24. The van der Waals surface area contributed by atoms with Crippen LogP contribution in [-0.4, -0.2) is 29.8 Å². The van der Waals surface area contributed by atoms with E-state index in [0.29, 0.717) is 23.4 Å². The van der Waals surface area contributed by atoms with Crippen LogP contribution in [0.1, 0.15) is 55.8 Å². The molecule has 2 atom stereocenters. The van der Waals surface area contributed by atoms with Crippen molar-refractivity contribution in [3.05, 3.63) is 17.8 Å². The molecule has 2 aliphatic carbocycles. The largest absolute Gasteiger partial charge is 0.349 e. The highest BCUT2D eigenvalue weighted by Gasteiger charge is 2.32. The number of aromatic nitrogens is 1. The second-order valence-corrected chi connectivity index (χ2v) is 7.20. The number of fused-ring (bicyclic) bond motifs is 1. The van der Waals surface area contributed by atoms with Crippen LogP contribution in [0.4, 0.5) is 5.82 Å². The molecule has 114 valence electrons. The van der Waals surface area contributed by atoms with Gasteiger partial charge in [0.2, 0.25) is 7.28 Å². The van der Waals surface area contributed by atoms with Crippen LogP contribution in [-0.2, 0) is 0 Å². The van der Waals surface area contributed by atoms with Crippen molar-refractivity contribution in [2.75, 3.05) is 0 Å². The summed E-state index contributed by atoms with van der Waals surface area (Å²) in [7, 11) is 0.884. The number of rotatable bonds is 3. The molecule has 2 fully saturated rings. The molecule has 3 aliphatic rings. The second kappa shape index (κ2) is 5.52. The van der Waals surface area contributed by atoms with E-state index in [2.05, 4.69) is 22.2 Å². The molecule has 1 aromatic heterocycles. The summed E-state index contributed by atoms with van der Waals surface area (Å²) in [5.41, 5.74) is 3.07. The van der Waals surface area contributed by atoms with Gasteiger partial charge in [-0.2, -0.15) is 0 Å². The van der Waals surface area contributed by atoms with E-state index in [9.17, 15) is 4.79 Å². The number of amides is 1. The molecule has 1 aromatic rings. The zero-order chi connectivity index (χ0) is 15.1. The van der Waals surface area contributed by atoms with Gasteiger partial charge in [0.15, 0.2) is 0 Å². The van der Waals surface area contributed by atoms with E-state index in [1.165, 1.54) is 31.3 Å². The quantitative estimate of drug-likeness (QED) is 0.866.